The zero-order chi connectivity index (χ0) is 14.4. The topological polar surface area (TPSA) is 113 Å². The van der Waals surface area contributed by atoms with Crippen LogP contribution in [-0.4, -0.2) is 48.3 Å². The van der Waals surface area contributed by atoms with Crippen molar-refractivity contribution >= 4 is 11.0 Å². The molecule has 0 saturated carbocycles. The number of hydrogen-bond acceptors (Lipinski definition) is 6. The molecule has 0 amide bonds. The van der Waals surface area contributed by atoms with E-state index < -0.39 is 24.5 Å². The van der Waals surface area contributed by atoms with Crippen LogP contribution in [-0.2, 0) is 4.74 Å². The van der Waals surface area contributed by atoms with Crippen LogP contribution in [0.2, 0.25) is 0 Å². The summed E-state index contributed by atoms with van der Waals surface area (Å²) in [7, 11) is 0. The highest BCUT2D eigenvalue weighted by molar-refractivity contribution is 5.73. The number of aromatic amines is 1. The number of rotatable bonds is 2. The lowest BCUT2D eigenvalue weighted by Crippen LogP contribution is -2.31. The van der Waals surface area contributed by atoms with E-state index in [0.29, 0.717) is 23.3 Å². The van der Waals surface area contributed by atoms with Gasteiger partial charge in [-0.1, -0.05) is 6.92 Å². The molecule has 3 heterocycles. The lowest BCUT2D eigenvalue weighted by atomic mass is 10.1. The smallest absolute Gasteiger partial charge is 0.262 e. The number of aromatic nitrogens is 4. The van der Waals surface area contributed by atoms with E-state index in [-0.39, 0.29) is 5.56 Å². The van der Waals surface area contributed by atoms with Gasteiger partial charge in [0.2, 0.25) is 0 Å². The average Bonchev–Trinajstić information content (AvgIpc) is 2.93. The Morgan fingerprint density at radius 2 is 2.20 bits per heavy atom. The number of nitrogens with zero attached hydrogens (tertiary/aromatic N) is 3. The zero-order valence-electron chi connectivity index (χ0n) is 11.1. The van der Waals surface area contributed by atoms with Gasteiger partial charge in [0.15, 0.2) is 11.9 Å². The van der Waals surface area contributed by atoms with Gasteiger partial charge in [-0.25, -0.2) is 9.67 Å². The molecule has 8 nitrogen and oxygen atoms in total. The van der Waals surface area contributed by atoms with Crippen LogP contribution in [0.3, 0.4) is 0 Å². The van der Waals surface area contributed by atoms with Crippen LogP contribution >= 0.6 is 0 Å². The number of aliphatic hydroxyl groups excluding tert-OH is 2. The van der Waals surface area contributed by atoms with Gasteiger partial charge in [-0.3, -0.25) is 4.79 Å². The highest BCUT2D eigenvalue weighted by atomic mass is 16.6. The van der Waals surface area contributed by atoms with Crippen molar-refractivity contribution in [2.24, 2.45) is 0 Å². The SMILES string of the molecule is CC[C@H]1O[C@@H](n2ncc3c(=O)[nH]c(C)nc32)C(O)[C@H]1O. The molecule has 1 saturated heterocycles. The highest BCUT2D eigenvalue weighted by Gasteiger charge is 2.43. The lowest BCUT2D eigenvalue weighted by Gasteiger charge is -2.15. The third-order valence-electron chi connectivity index (χ3n) is 3.56. The first-order valence-corrected chi connectivity index (χ1v) is 6.48. The predicted octanol–water partition coefficient (Wildman–Crippen LogP) is -0.543. The molecule has 20 heavy (non-hydrogen) atoms. The number of aliphatic hydroxyl groups is 2. The quantitative estimate of drug-likeness (QED) is 0.680. The fourth-order valence-electron chi connectivity index (χ4n) is 2.50. The molecule has 1 aliphatic rings. The first-order chi connectivity index (χ1) is 9.52. The van der Waals surface area contributed by atoms with Crippen molar-refractivity contribution in [1.82, 2.24) is 19.7 Å². The van der Waals surface area contributed by atoms with Crippen molar-refractivity contribution in [2.45, 2.75) is 44.8 Å². The standard InChI is InChI=1S/C12H16N4O4/c1-3-7-8(17)9(18)12(20-7)16-10-6(4-13-16)11(19)15-5(2)14-10/h4,7-9,12,17-18H,3H2,1-2H3,(H,14,15,19)/t7-,8+,9?,12-/m1/s1. The zero-order valence-corrected chi connectivity index (χ0v) is 11.1. The molecule has 4 atom stereocenters. The van der Waals surface area contributed by atoms with Gasteiger partial charge in [0, 0.05) is 0 Å². The van der Waals surface area contributed by atoms with E-state index in [0.717, 1.165) is 0 Å². The van der Waals surface area contributed by atoms with E-state index >= 15 is 0 Å². The lowest BCUT2D eigenvalue weighted by molar-refractivity contribution is -0.0425. The molecule has 0 radical (unpaired) electrons. The number of ether oxygens (including phenoxy) is 1. The van der Waals surface area contributed by atoms with Gasteiger partial charge in [0.25, 0.3) is 5.56 Å². The van der Waals surface area contributed by atoms with Crippen LogP contribution in [0.15, 0.2) is 11.0 Å². The minimum absolute atomic E-state index is 0.293. The highest BCUT2D eigenvalue weighted by Crippen LogP contribution is 2.31. The molecule has 1 unspecified atom stereocenters. The predicted molar refractivity (Wildman–Crippen MR) is 69.1 cm³/mol. The Labute approximate surface area is 114 Å². The fourth-order valence-corrected chi connectivity index (χ4v) is 2.50. The Morgan fingerprint density at radius 3 is 2.85 bits per heavy atom. The van der Waals surface area contributed by atoms with Gasteiger partial charge in [-0.05, 0) is 13.3 Å². The van der Waals surface area contributed by atoms with Crippen molar-refractivity contribution in [3.05, 3.63) is 22.4 Å². The second-order valence-corrected chi connectivity index (χ2v) is 4.93. The van der Waals surface area contributed by atoms with Crippen LogP contribution in [0.5, 0.6) is 0 Å². The van der Waals surface area contributed by atoms with E-state index in [1.165, 1.54) is 10.9 Å². The molecule has 2 aromatic rings. The van der Waals surface area contributed by atoms with Crippen molar-refractivity contribution in [3.8, 4) is 0 Å². The first-order valence-electron chi connectivity index (χ1n) is 6.48. The Balaban J connectivity index is 2.09. The average molecular weight is 280 g/mol. The molecule has 0 aromatic carbocycles. The number of hydrogen-bond donors (Lipinski definition) is 3. The van der Waals surface area contributed by atoms with E-state index in [1.54, 1.807) is 6.92 Å². The van der Waals surface area contributed by atoms with Crippen LogP contribution in [0.4, 0.5) is 0 Å². The Bertz CT molecular complexity index is 694. The maximum absolute atomic E-state index is 11.8. The summed E-state index contributed by atoms with van der Waals surface area (Å²) in [6.07, 6.45) is -1.45. The summed E-state index contributed by atoms with van der Waals surface area (Å²) in [4.78, 5) is 18.6. The summed E-state index contributed by atoms with van der Waals surface area (Å²) in [5, 5.41) is 24.4. The largest absolute Gasteiger partial charge is 0.388 e. The minimum atomic E-state index is -1.11. The van der Waals surface area contributed by atoms with Crippen LogP contribution in [0, 0.1) is 6.92 Å². The first kappa shape index (κ1) is 13.2. The van der Waals surface area contributed by atoms with Crippen molar-refractivity contribution in [3.63, 3.8) is 0 Å². The molecule has 0 bridgehead atoms. The summed E-state index contributed by atoms with van der Waals surface area (Å²) in [6.45, 7) is 3.52. The van der Waals surface area contributed by atoms with E-state index in [9.17, 15) is 15.0 Å². The summed E-state index contributed by atoms with van der Waals surface area (Å²) in [5.41, 5.74) is 0.0399. The molecule has 8 heteroatoms. The normalized spacial score (nSPS) is 30.2. The number of aryl methyl sites for hydroxylation is 1. The van der Waals surface area contributed by atoms with Crippen LogP contribution < -0.4 is 5.56 Å². The molecular formula is C12H16N4O4. The number of nitrogens with one attached hydrogen (secondary N) is 1. The molecule has 1 aliphatic heterocycles. The van der Waals surface area contributed by atoms with Crippen molar-refractivity contribution < 1.29 is 14.9 Å². The molecule has 2 aromatic heterocycles. The summed E-state index contributed by atoms with van der Waals surface area (Å²) in [5.74, 6) is 0.448. The summed E-state index contributed by atoms with van der Waals surface area (Å²) < 4.78 is 6.96. The number of H-pyrrole nitrogens is 1. The Hall–Kier alpha value is -1.77. The van der Waals surface area contributed by atoms with Gasteiger partial charge < -0.3 is 19.9 Å². The summed E-state index contributed by atoms with van der Waals surface area (Å²) in [6, 6.07) is 0. The second-order valence-electron chi connectivity index (χ2n) is 4.93. The van der Waals surface area contributed by atoms with Crippen LogP contribution in [0.25, 0.3) is 11.0 Å². The molecule has 108 valence electrons. The Kier molecular flexibility index (Phi) is 3.08. The third kappa shape index (κ3) is 1.84. The van der Waals surface area contributed by atoms with Crippen LogP contribution in [0.1, 0.15) is 25.4 Å². The van der Waals surface area contributed by atoms with Crippen molar-refractivity contribution in [2.75, 3.05) is 0 Å². The molecule has 3 rings (SSSR count). The minimum Gasteiger partial charge on any atom is -0.388 e. The van der Waals surface area contributed by atoms with Gasteiger partial charge in [-0.15, -0.1) is 0 Å². The monoisotopic (exact) mass is 280 g/mol. The molecule has 0 spiro atoms. The number of fused-ring (bicyclic) bond motifs is 1. The van der Waals surface area contributed by atoms with Gasteiger partial charge in [-0.2, -0.15) is 5.10 Å². The molecule has 0 aliphatic carbocycles. The van der Waals surface area contributed by atoms with E-state index in [2.05, 4.69) is 15.1 Å². The fraction of sp³-hybridized carbons (Fsp3) is 0.583. The van der Waals surface area contributed by atoms with Gasteiger partial charge in [0.1, 0.15) is 23.4 Å². The van der Waals surface area contributed by atoms with Gasteiger partial charge in [0.05, 0.1) is 12.3 Å². The van der Waals surface area contributed by atoms with E-state index in [1.807, 2.05) is 6.92 Å². The Morgan fingerprint density at radius 1 is 1.45 bits per heavy atom. The third-order valence-corrected chi connectivity index (χ3v) is 3.56. The van der Waals surface area contributed by atoms with Crippen molar-refractivity contribution in [1.29, 1.82) is 0 Å². The second kappa shape index (κ2) is 4.65. The molecule has 1 fully saturated rings. The van der Waals surface area contributed by atoms with E-state index in [4.69, 9.17) is 4.74 Å². The maximum atomic E-state index is 11.8. The molecule has 3 N–H and O–H groups in total. The summed E-state index contributed by atoms with van der Waals surface area (Å²) >= 11 is 0. The maximum Gasteiger partial charge on any atom is 0.262 e. The van der Waals surface area contributed by atoms with Gasteiger partial charge >= 0.3 is 0 Å². The molecular weight excluding hydrogens is 264 g/mol.